The molecule has 100 valence electrons. The van der Waals surface area contributed by atoms with E-state index in [4.69, 9.17) is 0 Å². The summed E-state index contributed by atoms with van der Waals surface area (Å²) < 4.78 is 15.3. The van der Waals surface area contributed by atoms with Crippen molar-refractivity contribution in [2.75, 3.05) is 0 Å². The van der Waals surface area contributed by atoms with Crippen LogP contribution in [0.3, 0.4) is 0 Å². The summed E-state index contributed by atoms with van der Waals surface area (Å²) in [6.45, 7) is -0.140. The number of rotatable bonds is 3. The number of nitrogens with zero attached hydrogens (tertiary/aromatic N) is 2. The van der Waals surface area contributed by atoms with Gasteiger partial charge in [0.25, 0.3) is 0 Å². The summed E-state index contributed by atoms with van der Waals surface area (Å²) in [5.74, 6) is -0.348. The van der Waals surface area contributed by atoms with Crippen molar-refractivity contribution in [3.05, 3.63) is 72.2 Å². The molecule has 0 amide bonds. The highest BCUT2D eigenvalue weighted by Gasteiger charge is 2.12. The minimum atomic E-state index is -0.348. The van der Waals surface area contributed by atoms with E-state index < -0.39 is 0 Å². The Bertz CT molecular complexity index is 722. The molecule has 0 saturated carbocycles. The molecule has 1 heterocycles. The fourth-order valence-electron chi connectivity index (χ4n) is 2.13. The van der Waals surface area contributed by atoms with Crippen LogP contribution in [0.1, 0.15) is 5.56 Å². The van der Waals surface area contributed by atoms with Crippen molar-refractivity contribution in [1.29, 1.82) is 0 Å². The van der Waals surface area contributed by atoms with Crippen LogP contribution < -0.4 is 0 Å². The molecule has 0 unspecified atom stereocenters. The molecule has 0 atom stereocenters. The first-order chi connectivity index (χ1) is 9.79. The maximum atomic E-state index is 13.8. The molecule has 0 aliphatic rings. The molecule has 1 aromatic heterocycles. The lowest BCUT2D eigenvalue weighted by atomic mass is 10.1. The van der Waals surface area contributed by atoms with Gasteiger partial charge in [0.15, 0.2) is 0 Å². The Balaban J connectivity index is 2.13. The van der Waals surface area contributed by atoms with Gasteiger partial charge in [0, 0.05) is 17.3 Å². The minimum Gasteiger partial charge on any atom is -0.392 e. The highest BCUT2D eigenvalue weighted by molar-refractivity contribution is 5.63. The molecule has 3 nitrogen and oxygen atoms in total. The van der Waals surface area contributed by atoms with E-state index in [2.05, 4.69) is 5.10 Å². The number of halogens is 1. The number of hydrogen-bond acceptors (Lipinski definition) is 2. The van der Waals surface area contributed by atoms with Gasteiger partial charge in [0.05, 0.1) is 12.3 Å². The zero-order valence-corrected chi connectivity index (χ0v) is 10.7. The first-order valence-corrected chi connectivity index (χ1v) is 6.29. The maximum absolute atomic E-state index is 13.8. The van der Waals surface area contributed by atoms with Gasteiger partial charge in [0.1, 0.15) is 11.5 Å². The molecular formula is C16H13FN2O. The Morgan fingerprint density at radius 3 is 2.40 bits per heavy atom. The highest BCUT2D eigenvalue weighted by atomic mass is 19.1. The molecule has 4 heteroatoms. The summed E-state index contributed by atoms with van der Waals surface area (Å²) in [5.41, 5.74) is 2.59. The van der Waals surface area contributed by atoms with E-state index in [-0.39, 0.29) is 12.4 Å². The second-order valence-electron chi connectivity index (χ2n) is 4.42. The fourth-order valence-corrected chi connectivity index (χ4v) is 2.13. The topological polar surface area (TPSA) is 38.0 Å². The van der Waals surface area contributed by atoms with E-state index >= 15 is 0 Å². The average molecular weight is 268 g/mol. The number of aliphatic hydroxyl groups is 1. The molecule has 0 aliphatic carbocycles. The van der Waals surface area contributed by atoms with Crippen LogP contribution >= 0.6 is 0 Å². The lowest BCUT2D eigenvalue weighted by Crippen LogP contribution is -1.97. The van der Waals surface area contributed by atoms with Crippen LogP contribution in [-0.2, 0) is 6.61 Å². The van der Waals surface area contributed by atoms with Crippen LogP contribution in [0, 0.1) is 5.82 Å². The normalized spacial score (nSPS) is 10.7. The van der Waals surface area contributed by atoms with Gasteiger partial charge in [0.2, 0.25) is 0 Å². The van der Waals surface area contributed by atoms with E-state index in [1.165, 1.54) is 10.7 Å². The summed E-state index contributed by atoms with van der Waals surface area (Å²) in [5, 5.41) is 13.9. The third-order valence-corrected chi connectivity index (χ3v) is 3.11. The first kappa shape index (κ1) is 12.6. The molecule has 0 fully saturated rings. The van der Waals surface area contributed by atoms with Crippen molar-refractivity contribution in [2.45, 2.75) is 6.61 Å². The molecule has 0 spiro atoms. The van der Waals surface area contributed by atoms with Crippen molar-refractivity contribution >= 4 is 0 Å². The number of aliphatic hydroxyl groups excluding tert-OH is 1. The van der Waals surface area contributed by atoms with Crippen molar-refractivity contribution in [1.82, 2.24) is 9.78 Å². The second-order valence-corrected chi connectivity index (χ2v) is 4.42. The minimum absolute atomic E-state index is 0.140. The summed E-state index contributed by atoms with van der Waals surface area (Å²) >= 11 is 0. The summed E-state index contributed by atoms with van der Waals surface area (Å²) in [6.07, 6.45) is 1.65. The predicted octanol–water partition coefficient (Wildman–Crippen LogP) is 3.17. The van der Waals surface area contributed by atoms with Gasteiger partial charge in [-0.05, 0) is 12.1 Å². The predicted molar refractivity (Wildman–Crippen MR) is 74.9 cm³/mol. The molecular weight excluding hydrogens is 255 g/mol. The number of hydrogen-bond donors (Lipinski definition) is 1. The molecule has 2 aromatic carbocycles. The number of aromatic nitrogens is 2. The van der Waals surface area contributed by atoms with Crippen molar-refractivity contribution in [3.63, 3.8) is 0 Å². The van der Waals surface area contributed by atoms with E-state index in [1.807, 2.05) is 30.3 Å². The molecule has 0 bridgehead atoms. The summed E-state index contributed by atoms with van der Waals surface area (Å²) in [7, 11) is 0. The van der Waals surface area contributed by atoms with Gasteiger partial charge < -0.3 is 5.11 Å². The zero-order valence-electron chi connectivity index (χ0n) is 10.7. The van der Waals surface area contributed by atoms with Crippen molar-refractivity contribution < 1.29 is 9.50 Å². The molecule has 20 heavy (non-hydrogen) atoms. The highest BCUT2D eigenvalue weighted by Crippen LogP contribution is 2.24. The molecule has 1 N–H and O–H groups in total. The van der Waals surface area contributed by atoms with E-state index in [0.717, 1.165) is 5.56 Å². The molecule has 3 aromatic rings. The van der Waals surface area contributed by atoms with Gasteiger partial charge >= 0.3 is 0 Å². The molecule has 3 rings (SSSR count). The molecule has 0 aliphatic heterocycles. The van der Waals surface area contributed by atoms with Crippen molar-refractivity contribution in [2.24, 2.45) is 0 Å². The standard InChI is InChI=1S/C16H13FN2O/c17-14-8-4-5-9-15(14)19-10-13(11-20)16(18-19)12-6-2-1-3-7-12/h1-10,20H,11H2. The smallest absolute Gasteiger partial charge is 0.148 e. The van der Waals surface area contributed by atoms with Gasteiger partial charge in [-0.15, -0.1) is 0 Å². The van der Waals surface area contributed by atoms with Gasteiger partial charge in [-0.3, -0.25) is 0 Å². The van der Waals surface area contributed by atoms with Crippen LogP contribution in [0.15, 0.2) is 60.8 Å². The summed E-state index contributed by atoms with van der Waals surface area (Å²) in [4.78, 5) is 0. The molecule has 0 radical (unpaired) electrons. The van der Waals surface area contributed by atoms with Gasteiger partial charge in [-0.2, -0.15) is 5.10 Å². The average Bonchev–Trinajstić information content (AvgIpc) is 2.92. The maximum Gasteiger partial charge on any atom is 0.148 e. The Hall–Kier alpha value is -2.46. The third kappa shape index (κ3) is 2.21. The van der Waals surface area contributed by atoms with E-state index in [0.29, 0.717) is 16.9 Å². The van der Waals surface area contributed by atoms with Crippen molar-refractivity contribution in [3.8, 4) is 16.9 Å². The third-order valence-electron chi connectivity index (χ3n) is 3.11. The lowest BCUT2D eigenvalue weighted by molar-refractivity contribution is 0.282. The van der Waals surface area contributed by atoms with Crippen LogP contribution in [0.2, 0.25) is 0 Å². The van der Waals surface area contributed by atoms with Crippen LogP contribution in [0.25, 0.3) is 16.9 Å². The van der Waals surface area contributed by atoms with Crippen LogP contribution in [-0.4, -0.2) is 14.9 Å². The van der Waals surface area contributed by atoms with E-state index in [1.54, 1.807) is 24.4 Å². The Morgan fingerprint density at radius 1 is 1.00 bits per heavy atom. The summed E-state index contributed by atoms with van der Waals surface area (Å²) in [6, 6.07) is 16.0. The number of benzene rings is 2. The SMILES string of the molecule is OCc1cn(-c2ccccc2F)nc1-c1ccccc1. The largest absolute Gasteiger partial charge is 0.392 e. The molecule has 0 saturated heterocycles. The zero-order chi connectivity index (χ0) is 13.9. The monoisotopic (exact) mass is 268 g/mol. The lowest BCUT2D eigenvalue weighted by Gasteiger charge is -2.02. The first-order valence-electron chi connectivity index (χ1n) is 6.29. The van der Waals surface area contributed by atoms with Gasteiger partial charge in [-0.1, -0.05) is 42.5 Å². The number of para-hydroxylation sites is 1. The Labute approximate surface area is 115 Å². The second kappa shape index (κ2) is 5.27. The van der Waals surface area contributed by atoms with E-state index in [9.17, 15) is 9.50 Å². The quantitative estimate of drug-likeness (QED) is 0.792. The fraction of sp³-hybridized carbons (Fsp3) is 0.0625. The Kier molecular flexibility index (Phi) is 3.31. The van der Waals surface area contributed by atoms with Crippen LogP contribution in [0.5, 0.6) is 0 Å². The van der Waals surface area contributed by atoms with Gasteiger partial charge in [-0.25, -0.2) is 9.07 Å². The van der Waals surface area contributed by atoms with Crippen LogP contribution in [0.4, 0.5) is 4.39 Å². The Morgan fingerprint density at radius 2 is 1.70 bits per heavy atom.